The standard InChI is InChI=1S/C16H23N3O5.2C2H6.C2H2/c1-4-5-13(15(17)21)19(2)14(20)10-18-16(22)24-12-8-6-11(23-3)7-9-12;3*1-2/h6-9,13H,4-5,10H2,1-3H3,(H2,17,21)(H,18,22);2*1-2H3;1-2H/t13-;;;/m0.../s1. The number of nitrogens with zero attached hydrogens (tertiary/aromatic N) is 1. The van der Waals surface area contributed by atoms with Crippen LogP contribution in [0.2, 0.25) is 0 Å². The molecule has 8 heteroatoms. The molecule has 0 radical (unpaired) electrons. The zero-order chi connectivity index (χ0) is 24.1. The molecule has 1 aromatic rings. The van der Waals surface area contributed by atoms with E-state index in [2.05, 4.69) is 18.2 Å². The van der Waals surface area contributed by atoms with Gasteiger partial charge in [-0.1, -0.05) is 41.0 Å². The minimum absolute atomic E-state index is 0.293. The van der Waals surface area contributed by atoms with E-state index < -0.39 is 23.9 Å². The number of hydrogen-bond acceptors (Lipinski definition) is 5. The summed E-state index contributed by atoms with van der Waals surface area (Å²) in [6.07, 6.45) is 8.40. The summed E-state index contributed by atoms with van der Waals surface area (Å²) in [6, 6.07) is 5.72. The summed E-state index contributed by atoms with van der Waals surface area (Å²) < 4.78 is 10.0. The minimum atomic E-state index is -0.770. The van der Waals surface area contributed by atoms with Crippen molar-refractivity contribution >= 4 is 17.9 Å². The van der Waals surface area contributed by atoms with Gasteiger partial charge in [-0.25, -0.2) is 4.79 Å². The van der Waals surface area contributed by atoms with Gasteiger partial charge in [-0.3, -0.25) is 9.59 Å². The van der Waals surface area contributed by atoms with Crippen LogP contribution in [0.25, 0.3) is 0 Å². The maximum Gasteiger partial charge on any atom is 0.413 e. The van der Waals surface area contributed by atoms with E-state index in [0.717, 1.165) is 0 Å². The number of hydrogen-bond donors (Lipinski definition) is 2. The van der Waals surface area contributed by atoms with Gasteiger partial charge in [0.25, 0.3) is 0 Å². The lowest BCUT2D eigenvalue weighted by Gasteiger charge is -2.25. The van der Waals surface area contributed by atoms with Gasteiger partial charge in [-0.15, -0.1) is 12.8 Å². The van der Waals surface area contributed by atoms with Gasteiger partial charge in [-0.05, 0) is 30.7 Å². The molecule has 170 valence electrons. The van der Waals surface area contributed by atoms with Crippen molar-refractivity contribution in [2.75, 3.05) is 20.7 Å². The zero-order valence-corrected chi connectivity index (χ0v) is 19.2. The number of ether oxygens (including phenoxy) is 2. The summed E-state index contributed by atoms with van der Waals surface area (Å²) in [7, 11) is 3.01. The molecule has 0 heterocycles. The predicted molar refractivity (Wildman–Crippen MR) is 120 cm³/mol. The predicted octanol–water partition coefficient (Wildman–Crippen LogP) is 3.20. The largest absolute Gasteiger partial charge is 0.497 e. The molecular formula is C22H37N3O5. The molecule has 1 rings (SSSR count). The number of primary amides is 1. The Morgan fingerprint density at radius 3 is 1.93 bits per heavy atom. The average Bonchev–Trinajstić information content (AvgIpc) is 2.79. The zero-order valence-electron chi connectivity index (χ0n) is 19.2. The molecule has 1 atom stereocenters. The third-order valence-electron chi connectivity index (χ3n) is 3.41. The number of rotatable bonds is 8. The highest BCUT2D eigenvalue weighted by molar-refractivity contribution is 5.88. The van der Waals surface area contributed by atoms with Gasteiger partial charge in [0.2, 0.25) is 11.8 Å². The molecule has 30 heavy (non-hydrogen) atoms. The van der Waals surface area contributed by atoms with E-state index in [9.17, 15) is 14.4 Å². The highest BCUT2D eigenvalue weighted by Gasteiger charge is 2.24. The summed E-state index contributed by atoms with van der Waals surface area (Å²) in [6.45, 7) is 9.59. The van der Waals surface area contributed by atoms with Crippen LogP contribution in [0.4, 0.5) is 4.79 Å². The van der Waals surface area contributed by atoms with Crippen molar-refractivity contribution in [3.8, 4) is 24.3 Å². The van der Waals surface area contributed by atoms with Crippen LogP contribution in [0, 0.1) is 12.8 Å². The SMILES string of the molecule is C#C.CC.CC.CCC[C@@H](C(N)=O)N(C)C(=O)CNC(=O)Oc1ccc(OC)cc1. The molecule has 0 bridgehead atoms. The van der Waals surface area contributed by atoms with Gasteiger partial charge in [0, 0.05) is 7.05 Å². The molecule has 0 saturated heterocycles. The Kier molecular flexibility index (Phi) is 21.5. The average molecular weight is 424 g/mol. The first-order valence-corrected chi connectivity index (χ1v) is 9.87. The molecule has 0 aliphatic carbocycles. The molecule has 1 aromatic carbocycles. The number of methoxy groups -OCH3 is 1. The number of nitrogens with two attached hydrogens (primary N) is 1. The van der Waals surface area contributed by atoms with Crippen molar-refractivity contribution in [3.05, 3.63) is 24.3 Å². The quantitative estimate of drug-likeness (QED) is 0.624. The lowest BCUT2D eigenvalue weighted by Crippen LogP contribution is -2.49. The summed E-state index contributed by atoms with van der Waals surface area (Å²) in [5.74, 6) is -0.0597. The van der Waals surface area contributed by atoms with E-state index in [1.54, 1.807) is 24.3 Å². The Hall–Kier alpha value is -3.21. The third kappa shape index (κ3) is 13.0. The third-order valence-corrected chi connectivity index (χ3v) is 3.41. The van der Waals surface area contributed by atoms with Crippen LogP contribution in [0.5, 0.6) is 11.5 Å². The summed E-state index contributed by atoms with van der Waals surface area (Å²) in [5.41, 5.74) is 5.29. The minimum Gasteiger partial charge on any atom is -0.497 e. The molecule has 3 amide bonds. The number of carbonyl (C=O) groups excluding carboxylic acids is 3. The van der Waals surface area contributed by atoms with Crippen molar-refractivity contribution in [3.63, 3.8) is 0 Å². The van der Waals surface area contributed by atoms with Crippen molar-refractivity contribution in [1.82, 2.24) is 10.2 Å². The van der Waals surface area contributed by atoms with Crippen LogP contribution in [-0.4, -0.2) is 49.6 Å². The number of carbonyl (C=O) groups is 3. The number of terminal acetylenes is 1. The van der Waals surface area contributed by atoms with Crippen LogP contribution in [0.3, 0.4) is 0 Å². The van der Waals surface area contributed by atoms with Gasteiger partial charge in [0.15, 0.2) is 0 Å². The molecule has 8 nitrogen and oxygen atoms in total. The van der Waals surface area contributed by atoms with Gasteiger partial charge < -0.3 is 25.4 Å². The van der Waals surface area contributed by atoms with Gasteiger partial charge in [0.05, 0.1) is 7.11 Å². The Labute approximate surface area is 181 Å². The lowest BCUT2D eigenvalue weighted by molar-refractivity contribution is -0.137. The lowest BCUT2D eigenvalue weighted by atomic mass is 10.1. The van der Waals surface area contributed by atoms with Crippen LogP contribution >= 0.6 is 0 Å². The fraction of sp³-hybridized carbons (Fsp3) is 0.500. The Balaban J connectivity index is -0.00000111. The van der Waals surface area contributed by atoms with E-state index in [4.69, 9.17) is 15.2 Å². The second-order valence-electron chi connectivity index (χ2n) is 5.13. The van der Waals surface area contributed by atoms with E-state index in [1.807, 2.05) is 34.6 Å². The molecule has 0 unspecified atom stereocenters. The monoisotopic (exact) mass is 423 g/mol. The highest BCUT2D eigenvalue weighted by atomic mass is 16.6. The molecule has 0 aliphatic rings. The van der Waals surface area contributed by atoms with Crippen molar-refractivity contribution in [1.29, 1.82) is 0 Å². The number of amides is 3. The second-order valence-corrected chi connectivity index (χ2v) is 5.13. The van der Waals surface area contributed by atoms with Crippen LogP contribution in [0.15, 0.2) is 24.3 Å². The fourth-order valence-corrected chi connectivity index (χ4v) is 2.03. The van der Waals surface area contributed by atoms with E-state index in [0.29, 0.717) is 24.3 Å². The molecule has 0 fully saturated rings. The first-order chi connectivity index (χ1) is 14.4. The highest BCUT2D eigenvalue weighted by Crippen LogP contribution is 2.16. The van der Waals surface area contributed by atoms with Gasteiger partial charge in [-0.2, -0.15) is 0 Å². The Morgan fingerprint density at radius 1 is 1.07 bits per heavy atom. The van der Waals surface area contributed by atoms with E-state index in [-0.39, 0.29) is 6.54 Å². The van der Waals surface area contributed by atoms with Crippen molar-refractivity contribution in [2.24, 2.45) is 5.73 Å². The maximum atomic E-state index is 12.0. The van der Waals surface area contributed by atoms with Crippen LogP contribution < -0.4 is 20.5 Å². The molecular weight excluding hydrogens is 386 g/mol. The smallest absolute Gasteiger partial charge is 0.413 e. The van der Waals surface area contributed by atoms with Crippen LogP contribution in [-0.2, 0) is 9.59 Å². The first kappa shape index (κ1) is 31.5. The number of benzene rings is 1. The fourth-order valence-electron chi connectivity index (χ4n) is 2.03. The van der Waals surface area contributed by atoms with Crippen molar-refractivity contribution in [2.45, 2.75) is 53.5 Å². The summed E-state index contributed by atoms with van der Waals surface area (Å²) >= 11 is 0. The number of nitrogens with one attached hydrogen (secondary N) is 1. The summed E-state index contributed by atoms with van der Waals surface area (Å²) in [4.78, 5) is 36.3. The molecule has 0 aliphatic heterocycles. The second kappa shape index (κ2) is 20.5. The first-order valence-electron chi connectivity index (χ1n) is 9.87. The van der Waals surface area contributed by atoms with Crippen LogP contribution in [0.1, 0.15) is 47.5 Å². The Bertz CT molecular complexity index is 615. The van der Waals surface area contributed by atoms with Crippen molar-refractivity contribution < 1.29 is 23.9 Å². The van der Waals surface area contributed by atoms with Gasteiger partial charge >= 0.3 is 6.09 Å². The van der Waals surface area contributed by atoms with Gasteiger partial charge in [0.1, 0.15) is 24.1 Å². The normalized spacial score (nSPS) is 9.50. The molecule has 3 N–H and O–H groups in total. The van der Waals surface area contributed by atoms with E-state index >= 15 is 0 Å². The topological polar surface area (TPSA) is 111 Å². The molecule has 0 aromatic heterocycles. The maximum absolute atomic E-state index is 12.0. The van der Waals surface area contributed by atoms with E-state index in [1.165, 1.54) is 19.1 Å². The molecule has 0 saturated carbocycles. The molecule has 0 spiro atoms. The number of likely N-dealkylation sites (N-methyl/N-ethyl adjacent to an activating group) is 1. The summed E-state index contributed by atoms with van der Waals surface area (Å²) in [5, 5.41) is 2.34. The Morgan fingerprint density at radius 2 is 1.53 bits per heavy atom.